The van der Waals surface area contributed by atoms with Gasteiger partial charge in [-0.1, -0.05) is 12.1 Å². The number of para-hydroxylation sites is 1. The van der Waals surface area contributed by atoms with Crippen molar-refractivity contribution in [1.29, 1.82) is 0 Å². The summed E-state index contributed by atoms with van der Waals surface area (Å²) >= 11 is 1.62. The molecular weight excluding hydrogens is 273 g/mol. The summed E-state index contributed by atoms with van der Waals surface area (Å²) in [6.45, 7) is 2.58. The molecule has 0 aliphatic heterocycles. The minimum Gasteiger partial charge on any atom is -0.367 e. The van der Waals surface area contributed by atoms with Gasteiger partial charge in [0.2, 0.25) is 0 Å². The highest BCUT2D eigenvalue weighted by Gasteiger charge is 2.12. The lowest BCUT2D eigenvalue weighted by Crippen LogP contribution is -2.17. The number of halogens is 1. The summed E-state index contributed by atoms with van der Waals surface area (Å²) in [5.74, 6) is -0.282. The van der Waals surface area contributed by atoms with Crippen molar-refractivity contribution < 1.29 is 4.39 Å². The Labute approximate surface area is 120 Å². The van der Waals surface area contributed by atoms with Crippen molar-refractivity contribution in [2.45, 2.75) is 13.5 Å². The molecule has 0 atom stereocenters. The predicted molar refractivity (Wildman–Crippen MR) is 80.7 cm³/mol. The number of thiazole rings is 1. The zero-order valence-corrected chi connectivity index (χ0v) is 12.1. The Bertz CT molecular complexity index is 740. The molecule has 102 valence electrons. The second kappa shape index (κ2) is 5.17. The molecule has 0 aliphatic rings. The number of pyridine rings is 1. The van der Waals surface area contributed by atoms with Gasteiger partial charge in [0.05, 0.1) is 6.54 Å². The van der Waals surface area contributed by atoms with Crippen LogP contribution < -0.4 is 4.90 Å². The van der Waals surface area contributed by atoms with Gasteiger partial charge in [0.1, 0.15) is 16.3 Å². The molecule has 0 amide bonds. The lowest BCUT2D eigenvalue weighted by molar-refractivity contribution is 0.636. The molecule has 0 saturated carbocycles. The number of aryl methyl sites for hydroxylation is 1. The van der Waals surface area contributed by atoms with Crippen LogP contribution in [0.5, 0.6) is 0 Å². The Kier molecular flexibility index (Phi) is 3.36. The smallest absolute Gasteiger partial charge is 0.149 e. The molecule has 0 aliphatic carbocycles. The minimum atomic E-state index is -0.282. The van der Waals surface area contributed by atoms with E-state index in [1.165, 1.54) is 6.07 Å². The summed E-state index contributed by atoms with van der Waals surface area (Å²) in [5.41, 5.74) is 2.21. The molecular formula is C15H14FN3S. The average molecular weight is 287 g/mol. The first-order chi connectivity index (χ1) is 9.65. The van der Waals surface area contributed by atoms with Gasteiger partial charge in [-0.15, -0.1) is 11.3 Å². The third-order valence-electron chi connectivity index (χ3n) is 3.16. The van der Waals surface area contributed by atoms with E-state index in [2.05, 4.69) is 14.9 Å². The molecule has 5 heteroatoms. The third kappa shape index (κ3) is 2.36. The van der Waals surface area contributed by atoms with Gasteiger partial charge < -0.3 is 4.90 Å². The Morgan fingerprint density at radius 1 is 1.35 bits per heavy atom. The average Bonchev–Trinajstić information content (AvgIpc) is 2.92. The summed E-state index contributed by atoms with van der Waals surface area (Å²) in [7, 11) is 1.99. The highest BCUT2D eigenvalue weighted by Crippen LogP contribution is 2.28. The summed E-state index contributed by atoms with van der Waals surface area (Å²) in [5, 5.41) is 3.82. The summed E-state index contributed by atoms with van der Waals surface area (Å²) in [6, 6.07) is 7.04. The van der Waals surface area contributed by atoms with Crippen LogP contribution >= 0.6 is 11.3 Å². The van der Waals surface area contributed by atoms with Crippen molar-refractivity contribution in [3.63, 3.8) is 0 Å². The van der Waals surface area contributed by atoms with Gasteiger partial charge in [0, 0.05) is 35.4 Å². The van der Waals surface area contributed by atoms with Gasteiger partial charge in [0.15, 0.2) is 0 Å². The van der Waals surface area contributed by atoms with E-state index in [-0.39, 0.29) is 5.82 Å². The van der Waals surface area contributed by atoms with Crippen LogP contribution in [0.4, 0.5) is 10.1 Å². The van der Waals surface area contributed by atoms with Crippen molar-refractivity contribution in [1.82, 2.24) is 9.97 Å². The maximum Gasteiger partial charge on any atom is 0.149 e. The van der Waals surface area contributed by atoms with Crippen LogP contribution in [-0.4, -0.2) is 17.0 Å². The maximum atomic E-state index is 13.9. The van der Waals surface area contributed by atoms with E-state index in [4.69, 9.17) is 0 Å². The molecule has 0 saturated heterocycles. The van der Waals surface area contributed by atoms with Crippen molar-refractivity contribution in [3.05, 3.63) is 52.4 Å². The van der Waals surface area contributed by atoms with Crippen molar-refractivity contribution >= 4 is 27.9 Å². The summed E-state index contributed by atoms with van der Waals surface area (Å²) in [4.78, 5) is 10.7. The van der Waals surface area contributed by atoms with Crippen LogP contribution in [0.3, 0.4) is 0 Å². The van der Waals surface area contributed by atoms with E-state index in [1.807, 2.05) is 31.5 Å². The predicted octanol–water partition coefficient (Wildman–Crippen LogP) is 3.78. The molecule has 20 heavy (non-hydrogen) atoms. The number of hydrogen-bond acceptors (Lipinski definition) is 4. The normalized spacial score (nSPS) is 10.9. The highest BCUT2D eigenvalue weighted by atomic mass is 32.1. The lowest BCUT2D eigenvalue weighted by Gasteiger charge is -2.20. The fourth-order valence-corrected chi connectivity index (χ4v) is 2.92. The molecule has 3 rings (SSSR count). The molecule has 0 N–H and O–H groups in total. The highest BCUT2D eigenvalue weighted by molar-refractivity contribution is 7.09. The summed E-state index contributed by atoms with van der Waals surface area (Å²) < 4.78 is 13.9. The number of benzene rings is 1. The molecule has 2 aromatic heterocycles. The fraction of sp³-hybridized carbons (Fsp3) is 0.200. The van der Waals surface area contributed by atoms with E-state index in [0.717, 1.165) is 21.8 Å². The number of nitrogens with zero attached hydrogens (tertiary/aromatic N) is 3. The van der Waals surface area contributed by atoms with Gasteiger partial charge in [-0.2, -0.15) is 0 Å². The number of hydrogen-bond donors (Lipinski definition) is 0. The van der Waals surface area contributed by atoms with E-state index >= 15 is 0 Å². The standard InChI is InChI=1S/C15H14FN3S/c1-10-8-13(19(2)9-14-17-6-7-20-14)11-4-3-5-12(16)15(11)18-10/h3-8H,9H2,1-2H3. The molecule has 0 spiro atoms. The molecule has 2 heterocycles. The van der Waals surface area contributed by atoms with E-state index < -0.39 is 0 Å². The van der Waals surface area contributed by atoms with E-state index in [1.54, 1.807) is 23.6 Å². The first-order valence-electron chi connectivity index (χ1n) is 6.30. The molecule has 1 aromatic carbocycles. The second-order valence-corrected chi connectivity index (χ2v) is 5.68. The molecule has 0 radical (unpaired) electrons. The van der Waals surface area contributed by atoms with E-state index in [9.17, 15) is 4.39 Å². The number of rotatable bonds is 3. The van der Waals surface area contributed by atoms with E-state index in [0.29, 0.717) is 12.1 Å². The topological polar surface area (TPSA) is 29.0 Å². The molecule has 3 aromatic rings. The Morgan fingerprint density at radius 2 is 2.20 bits per heavy atom. The van der Waals surface area contributed by atoms with Crippen LogP contribution in [0.25, 0.3) is 10.9 Å². The SMILES string of the molecule is Cc1cc(N(C)Cc2nccs2)c2cccc(F)c2n1. The second-order valence-electron chi connectivity index (χ2n) is 4.70. The zero-order valence-electron chi connectivity index (χ0n) is 11.3. The monoisotopic (exact) mass is 287 g/mol. The van der Waals surface area contributed by atoms with Gasteiger partial charge in [0.25, 0.3) is 0 Å². The summed E-state index contributed by atoms with van der Waals surface area (Å²) in [6.07, 6.45) is 1.80. The van der Waals surface area contributed by atoms with Gasteiger partial charge >= 0.3 is 0 Å². The van der Waals surface area contributed by atoms with Crippen LogP contribution in [0.15, 0.2) is 35.8 Å². The largest absolute Gasteiger partial charge is 0.367 e. The quantitative estimate of drug-likeness (QED) is 0.734. The molecule has 3 nitrogen and oxygen atoms in total. The molecule has 0 bridgehead atoms. The number of fused-ring (bicyclic) bond motifs is 1. The van der Waals surface area contributed by atoms with Crippen LogP contribution in [0.2, 0.25) is 0 Å². The van der Waals surface area contributed by atoms with Crippen LogP contribution in [0, 0.1) is 12.7 Å². The Balaban J connectivity index is 2.08. The zero-order chi connectivity index (χ0) is 14.1. The first kappa shape index (κ1) is 13.0. The fourth-order valence-electron chi connectivity index (χ4n) is 2.25. The first-order valence-corrected chi connectivity index (χ1v) is 7.18. The molecule has 0 unspecified atom stereocenters. The van der Waals surface area contributed by atoms with Gasteiger partial charge in [-0.3, -0.25) is 0 Å². The van der Waals surface area contributed by atoms with Crippen molar-refractivity contribution in [3.8, 4) is 0 Å². The van der Waals surface area contributed by atoms with Gasteiger partial charge in [-0.25, -0.2) is 14.4 Å². The lowest BCUT2D eigenvalue weighted by atomic mass is 10.1. The van der Waals surface area contributed by atoms with Gasteiger partial charge in [-0.05, 0) is 19.1 Å². The number of aromatic nitrogens is 2. The Hall–Kier alpha value is -2.01. The van der Waals surface area contributed by atoms with Crippen molar-refractivity contribution in [2.75, 3.05) is 11.9 Å². The maximum absolute atomic E-state index is 13.9. The van der Waals surface area contributed by atoms with Crippen LogP contribution in [0.1, 0.15) is 10.7 Å². The minimum absolute atomic E-state index is 0.282. The van der Waals surface area contributed by atoms with Crippen molar-refractivity contribution in [2.24, 2.45) is 0 Å². The van der Waals surface area contributed by atoms with Crippen LogP contribution in [-0.2, 0) is 6.54 Å². The number of anilines is 1. The molecule has 0 fully saturated rings. The Morgan fingerprint density at radius 3 is 2.95 bits per heavy atom. The third-order valence-corrected chi connectivity index (χ3v) is 3.93.